The van der Waals surface area contributed by atoms with E-state index in [1.807, 2.05) is 37.1 Å². The number of carbonyl (C=O) groups excluding carboxylic acids is 1. The summed E-state index contributed by atoms with van der Waals surface area (Å²) < 4.78 is 0. The van der Waals surface area contributed by atoms with Gasteiger partial charge in [0.2, 0.25) is 0 Å². The molecule has 62 valence electrons. The van der Waals surface area contributed by atoms with Crippen LogP contribution in [0.3, 0.4) is 0 Å². The van der Waals surface area contributed by atoms with Crippen molar-refractivity contribution in [3.05, 3.63) is 34.7 Å². The van der Waals surface area contributed by atoms with Crippen molar-refractivity contribution in [3.63, 3.8) is 0 Å². The predicted octanol–water partition coefficient (Wildman–Crippen LogP) is 2.82. The molecule has 0 aliphatic heterocycles. The first-order chi connectivity index (χ1) is 5.72. The second kappa shape index (κ2) is 4.15. The standard InChI is InChI=1S/C10H10OS/c1-8-3-5-10(6-4-8)12-9(2)7-11/h3-6H,1-2H3. The van der Waals surface area contributed by atoms with E-state index >= 15 is 0 Å². The Morgan fingerprint density at radius 1 is 1.33 bits per heavy atom. The fourth-order valence-electron chi connectivity index (χ4n) is 0.804. The molecular weight excluding hydrogens is 168 g/mol. The van der Waals surface area contributed by atoms with Crippen LogP contribution in [0.4, 0.5) is 0 Å². The number of aryl methyl sites for hydroxylation is 1. The molecule has 0 heterocycles. The maximum Gasteiger partial charge on any atom is 0.134 e. The largest absolute Gasteiger partial charge is 0.233 e. The van der Waals surface area contributed by atoms with Gasteiger partial charge >= 0.3 is 0 Å². The molecule has 2 heteroatoms. The van der Waals surface area contributed by atoms with E-state index in [1.54, 1.807) is 6.92 Å². The quantitative estimate of drug-likeness (QED) is 0.511. The summed E-state index contributed by atoms with van der Waals surface area (Å²) in [6, 6.07) is 8.06. The van der Waals surface area contributed by atoms with Crippen molar-refractivity contribution in [2.75, 3.05) is 0 Å². The Hall–Kier alpha value is -0.980. The van der Waals surface area contributed by atoms with E-state index in [0.717, 1.165) is 4.90 Å². The molecule has 0 saturated carbocycles. The van der Waals surface area contributed by atoms with Crippen LogP contribution in [-0.4, -0.2) is 5.94 Å². The van der Waals surface area contributed by atoms with Crippen LogP contribution in [-0.2, 0) is 4.79 Å². The highest BCUT2D eigenvalue weighted by atomic mass is 32.2. The SMILES string of the molecule is CC(=C=O)Sc1ccc(C)cc1. The second-order valence-electron chi connectivity index (χ2n) is 2.57. The highest BCUT2D eigenvalue weighted by Gasteiger charge is 1.94. The van der Waals surface area contributed by atoms with E-state index < -0.39 is 0 Å². The number of hydrogen-bond donors (Lipinski definition) is 0. The van der Waals surface area contributed by atoms with Gasteiger partial charge in [0.1, 0.15) is 5.94 Å². The van der Waals surface area contributed by atoms with Gasteiger partial charge in [-0.05, 0) is 26.0 Å². The smallest absolute Gasteiger partial charge is 0.134 e. The van der Waals surface area contributed by atoms with Gasteiger partial charge in [-0.25, -0.2) is 4.79 Å². The summed E-state index contributed by atoms with van der Waals surface area (Å²) in [5.41, 5.74) is 1.23. The summed E-state index contributed by atoms with van der Waals surface area (Å²) in [5, 5.41) is 0. The summed E-state index contributed by atoms with van der Waals surface area (Å²) in [5.74, 6) is 1.86. The molecule has 1 aromatic rings. The second-order valence-corrected chi connectivity index (χ2v) is 3.86. The molecule has 0 bridgehead atoms. The van der Waals surface area contributed by atoms with Crippen molar-refractivity contribution in [2.45, 2.75) is 18.7 Å². The topological polar surface area (TPSA) is 17.1 Å². The normalized spacial score (nSPS) is 9.17. The Balaban J connectivity index is 2.78. The molecule has 0 saturated heterocycles. The van der Waals surface area contributed by atoms with Crippen LogP contribution in [0.15, 0.2) is 34.1 Å². The van der Waals surface area contributed by atoms with Gasteiger partial charge in [0.05, 0.1) is 4.91 Å². The Kier molecular flexibility index (Phi) is 3.15. The molecule has 0 amide bonds. The van der Waals surface area contributed by atoms with Gasteiger partial charge in [-0.3, -0.25) is 0 Å². The minimum Gasteiger partial charge on any atom is -0.233 e. The maximum atomic E-state index is 10.2. The Bertz CT molecular complexity index is 307. The first-order valence-electron chi connectivity index (χ1n) is 3.68. The molecular formula is C10H10OS. The molecule has 0 aromatic heterocycles. The van der Waals surface area contributed by atoms with Gasteiger partial charge in [-0.2, -0.15) is 0 Å². The maximum absolute atomic E-state index is 10.2. The molecule has 0 N–H and O–H groups in total. The highest BCUT2D eigenvalue weighted by molar-refractivity contribution is 8.03. The third kappa shape index (κ3) is 2.57. The monoisotopic (exact) mass is 178 g/mol. The number of thioether (sulfide) groups is 1. The summed E-state index contributed by atoms with van der Waals surface area (Å²) in [6.45, 7) is 3.80. The lowest BCUT2D eigenvalue weighted by Gasteiger charge is -1.97. The van der Waals surface area contributed by atoms with Gasteiger partial charge in [-0.1, -0.05) is 29.5 Å². The number of benzene rings is 1. The molecule has 0 unspecified atom stereocenters. The van der Waals surface area contributed by atoms with Crippen LogP contribution < -0.4 is 0 Å². The lowest BCUT2D eigenvalue weighted by Crippen LogP contribution is -1.74. The average Bonchev–Trinajstić information content (AvgIpc) is 2.09. The Morgan fingerprint density at radius 2 is 1.92 bits per heavy atom. The molecule has 1 aromatic carbocycles. The molecule has 0 radical (unpaired) electrons. The third-order valence-electron chi connectivity index (χ3n) is 1.44. The van der Waals surface area contributed by atoms with Crippen molar-refractivity contribution < 1.29 is 4.79 Å². The van der Waals surface area contributed by atoms with Crippen LogP contribution in [0, 0.1) is 6.92 Å². The molecule has 0 aliphatic carbocycles. The molecule has 0 spiro atoms. The Labute approximate surface area is 76.5 Å². The summed E-state index contributed by atoms with van der Waals surface area (Å²) in [6.07, 6.45) is 0. The predicted molar refractivity (Wildman–Crippen MR) is 51.9 cm³/mol. The van der Waals surface area contributed by atoms with Crippen LogP contribution >= 0.6 is 11.8 Å². The van der Waals surface area contributed by atoms with Crippen molar-refractivity contribution in [2.24, 2.45) is 0 Å². The van der Waals surface area contributed by atoms with E-state index in [4.69, 9.17) is 0 Å². The van der Waals surface area contributed by atoms with Gasteiger partial charge < -0.3 is 0 Å². The van der Waals surface area contributed by atoms with Crippen LogP contribution in [0.25, 0.3) is 0 Å². The van der Waals surface area contributed by atoms with E-state index in [1.165, 1.54) is 17.3 Å². The minimum atomic E-state index is 0.666. The summed E-state index contributed by atoms with van der Waals surface area (Å²) >= 11 is 1.45. The van der Waals surface area contributed by atoms with Crippen LogP contribution in [0.1, 0.15) is 12.5 Å². The average molecular weight is 178 g/mol. The van der Waals surface area contributed by atoms with E-state index in [-0.39, 0.29) is 0 Å². The molecule has 1 nitrogen and oxygen atoms in total. The molecule has 0 atom stereocenters. The first-order valence-corrected chi connectivity index (χ1v) is 4.50. The number of rotatable bonds is 2. The summed E-state index contributed by atoms with van der Waals surface area (Å²) in [7, 11) is 0. The fourth-order valence-corrected chi connectivity index (χ4v) is 1.47. The van der Waals surface area contributed by atoms with Gasteiger partial charge in [0.25, 0.3) is 0 Å². The highest BCUT2D eigenvalue weighted by Crippen LogP contribution is 2.23. The van der Waals surface area contributed by atoms with E-state index in [0.29, 0.717) is 4.91 Å². The van der Waals surface area contributed by atoms with Crippen molar-refractivity contribution >= 4 is 17.7 Å². The third-order valence-corrected chi connectivity index (χ3v) is 2.33. The lowest BCUT2D eigenvalue weighted by molar-refractivity contribution is 0.568. The molecule has 0 fully saturated rings. The van der Waals surface area contributed by atoms with E-state index in [2.05, 4.69) is 0 Å². The lowest BCUT2D eigenvalue weighted by atomic mass is 10.2. The van der Waals surface area contributed by atoms with Gasteiger partial charge in [0, 0.05) is 4.90 Å². The first kappa shape index (κ1) is 9.11. The van der Waals surface area contributed by atoms with Crippen molar-refractivity contribution in [3.8, 4) is 0 Å². The van der Waals surface area contributed by atoms with Crippen molar-refractivity contribution in [1.82, 2.24) is 0 Å². The minimum absolute atomic E-state index is 0.666. The van der Waals surface area contributed by atoms with Crippen LogP contribution in [0.2, 0.25) is 0 Å². The molecule has 1 rings (SSSR count). The van der Waals surface area contributed by atoms with Crippen molar-refractivity contribution in [1.29, 1.82) is 0 Å². The molecule has 0 aliphatic rings. The fraction of sp³-hybridized carbons (Fsp3) is 0.200. The van der Waals surface area contributed by atoms with E-state index in [9.17, 15) is 4.79 Å². The summed E-state index contributed by atoms with van der Waals surface area (Å²) in [4.78, 5) is 11.9. The van der Waals surface area contributed by atoms with Gasteiger partial charge in [-0.15, -0.1) is 0 Å². The van der Waals surface area contributed by atoms with Crippen LogP contribution in [0.5, 0.6) is 0 Å². The van der Waals surface area contributed by atoms with Gasteiger partial charge in [0.15, 0.2) is 0 Å². The number of allylic oxidation sites excluding steroid dienone is 1. The Morgan fingerprint density at radius 3 is 2.42 bits per heavy atom. The molecule has 12 heavy (non-hydrogen) atoms. The zero-order valence-electron chi connectivity index (χ0n) is 7.13. The zero-order chi connectivity index (χ0) is 8.97. The number of hydrogen-bond acceptors (Lipinski definition) is 2. The zero-order valence-corrected chi connectivity index (χ0v) is 7.94.